The lowest BCUT2D eigenvalue weighted by Gasteiger charge is -2.22. The number of hydrogen-bond donors (Lipinski definition) is 0. The van der Waals surface area contributed by atoms with Crippen molar-refractivity contribution >= 4 is 11.5 Å². The highest BCUT2D eigenvalue weighted by Crippen LogP contribution is 2.19. The number of Topliss-reactive ketones (excluding diaryl/α,β-unsaturated/α-hetero) is 1. The van der Waals surface area contributed by atoms with Crippen LogP contribution in [0.5, 0.6) is 0 Å². The number of carbonyl (C=O) groups is 1. The van der Waals surface area contributed by atoms with Crippen LogP contribution in [-0.2, 0) is 4.79 Å². The monoisotopic (exact) mass is 203 g/mol. The van der Waals surface area contributed by atoms with E-state index in [-0.39, 0.29) is 5.92 Å². The third kappa shape index (κ3) is 2.38. The molecule has 1 aliphatic heterocycles. The molecular weight excluding hydrogens is 186 g/mol. The van der Waals surface area contributed by atoms with Crippen LogP contribution >= 0.6 is 0 Å². The maximum Gasteiger partial charge on any atom is 0.137 e. The van der Waals surface area contributed by atoms with Crippen LogP contribution in [0.25, 0.3) is 0 Å². The number of ketones is 1. The Morgan fingerprint density at radius 1 is 1.20 bits per heavy atom. The Hall–Kier alpha value is -1.31. The van der Waals surface area contributed by atoms with Crippen LogP contribution in [0.3, 0.4) is 0 Å². The molecule has 1 fully saturated rings. The summed E-state index contributed by atoms with van der Waals surface area (Å²) in [6.45, 7) is 3.90. The normalized spacial score (nSPS) is 22.6. The maximum atomic E-state index is 11.6. The summed E-state index contributed by atoms with van der Waals surface area (Å²) >= 11 is 0. The third-order valence-electron chi connectivity index (χ3n) is 3.13. The average molecular weight is 203 g/mol. The zero-order valence-corrected chi connectivity index (χ0v) is 9.15. The van der Waals surface area contributed by atoms with E-state index < -0.39 is 0 Å². The van der Waals surface area contributed by atoms with Gasteiger partial charge in [0.1, 0.15) is 5.78 Å². The van der Waals surface area contributed by atoms with Gasteiger partial charge in [0.2, 0.25) is 0 Å². The molecule has 0 aromatic heterocycles. The number of para-hydroxylation sites is 1. The molecule has 1 aromatic carbocycles. The first kappa shape index (κ1) is 10.2. The van der Waals surface area contributed by atoms with E-state index in [1.54, 1.807) is 0 Å². The second kappa shape index (κ2) is 4.47. The summed E-state index contributed by atoms with van der Waals surface area (Å²) in [5.41, 5.74) is 1.24. The van der Waals surface area contributed by atoms with E-state index in [9.17, 15) is 4.79 Å². The highest BCUT2D eigenvalue weighted by Gasteiger charge is 2.20. The molecule has 0 spiro atoms. The smallest absolute Gasteiger partial charge is 0.137 e. The van der Waals surface area contributed by atoms with Gasteiger partial charge in [0, 0.05) is 31.1 Å². The largest absolute Gasteiger partial charge is 0.371 e. The van der Waals surface area contributed by atoms with Gasteiger partial charge in [0.05, 0.1) is 0 Å². The van der Waals surface area contributed by atoms with Crippen LogP contribution < -0.4 is 4.90 Å². The van der Waals surface area contributed by atoms with Crippen molar-refractivity contribution in [2.75, 3.05) is 18.0 Å². The molecule has 1 aliphatic rings. The minimum Gasteiger partial charge on any atom is -0.371 e. The molecule has 2 rings (SSSR count). The number of anilines is 1. The van der Waals surface area contributed by atoms with E-state index in [1.807, 2.05) is 25.1 Å². The van der Waals surface area contributed by atoms with Gasteiger partial charge in [-0.15, -0.1) is 0 Å². The molecule has 0 N–H and O–H groups in total. The molecule has 1 aromatic rings. The molecule has 1 heterocycles. The second-order valence-electron chi connectivity index (χ2n) is 4.23. The van der Waals surface area contributed by atoms with Gasteiger partial charge in [-0.05, 0) is 18.6 Å². The predicted molar refractivity (Wildman–Crippen MR) is 62.1 cm³/mol. The summed E-state index contributed by atoms with van der Waals surface area (Å²) in [6, 6.07) is 10.3. The molecule has 1 atom stereocenters. The molecule has 1 unspecified atom stereocenters. The van der Waals surface area contributed by atoms with Crippen molar-refractivity contribution in [3.05, 3.63) is 30.3 Å². The van der Waals surface area contributed by atoms with Gasteiger partial charge in [0.25, 0.3) is 0 Å². The minimum atomic E-state index is 0.235. The van der Waals surface area contributed by atoms with Crippen molar-refractivity contribution in [2.24, 2.45) is 5.92 Å². The SMILES string of the molecule is CC1CCN(c2ccccc2)CCC1=O. The van der Waals surface area contributed by atoms with Gasteiger partial charge in [0.15, 0.2) is 0 Å². The van der Waals surface area contributed by atoms with E-state index in [1.165, 1.54) is 5.69 Å². The topological polar surface area (TPSA) is 20.3 Å². The van der Waals surface area contributed by atoms with Gasteiger partial charge < -0.3 is 4.90 Å². The second-order valence-corrected chi connectivity index (χ2v) is 4.23. The fraction of sp³-hybridized carbons (Fsp3) is 0.462. The lowest BCUT2D eigenvalue weighted by Crippen LogP contribution is -2.24. The Morgan fingerprint density at radius 2 is 1.93 bits per heavy atom. The molecular formula is C13H17NO. The highest BCUT2D eigenvalue weighted by atomic mass is 16.1. The Kier molecular flexibility index (Phi) is 3.05. The summed E-state index contributed by atoms with van der Waals surface area (Å²) < 4.78 is 0. The third-order valence-corrected chi connectivity index (χ3v) is 3.13. The van der Waals surface area contributed by atoms with Gasteiger partial charge in [-0.3, -0.25) is 4.79 Å². The fourth-order valence-electron chi connectivity index (χ4n) is 2.01. The summed E-state index contributed by atoms with van der Waals surface area (Å²) in [5, 5.41) is 0. The number of rotatable bonds is 1. The number of nitrogens with zero attached hydrogens (tertiary/aromatic N) is 1. The summed E-state index contributed by atoms with van der Waals surface area (Å²) in [4.78, 5) is 13.9. The first-order valence-corrected chi connectivity index (χ1v) is 5.60. The predicted octanol–water partition coefficient (Wildman–Crippen LogP) is 2.49. The van der Waals surface area contributed by atoms with E-state index in [4.69, 9.17) is 0 Å². The van der Waals surface area contributed by atoms with Crippen molar-refractivity contribution in [3.8, 4) is 0 Å². The van der Waals surface area contributed by atoms with E-state index in [0.717, 1.165) is 19.5 Å². The number of hydrogen-bond acceptors (Lipinski definition) is 2. The highest BCUT2D eigenvalue weighted by molar-refractivity contribution is 5.81. The standard InChI is InChI=1S/C13H17NO/c1-11-7-9-14(10-8-13(11)15)12-5-3-2-4-6-12/h2-6,11H,7-10H2,1H3. The van der Waals surface area contributed by atoms with Crippen LogP contribution in [0.15, 0.2) is 30.3 Å². The Balaban J connectivity index is 2.09. The van der Waals surface area contributed by atoms with Crippen LogP contribution in [-0.4, -0.2) is 18.9 Å². The molecule has 0 aliphatic carbocycles. The van der Waals surface area contributed by atoms with Crippen molar-refractivity contribution in [1.29, 1.82) is 0 Å². The van der Waals surface area contributed by atoms with Gasteiger partial charge in [-0.1, -0.05) is 25.1 Å². The van der Waals surface area contributed by atoms with Crippen molar-refractivity contribution in [2.45, 2.75) is 19.8 Å². The quantitative estimate of drug-likeness (QED) is 0.699. The zero-order chi connectivity index (χ0) is 10.7. The van der Waals surface area contributed by atoms with Crippen molar-refractivity contribution in [1.82, 2.24) is 0 Å². The van der Waals surface area contributed by atoms with Gasteiger partial charge >= 0.3 is 0 Å². The summed E-state index contributed by atoms with van der Waals surface area (Å²) in [6.07, 6.45) is 1.67. The van der Waals surface area contributed by atoms with E-state index in [2.05, 4.69) is 17.0 Å². The molecule has 2 heteroatoms. The van der Waals surface area contributed by atoms with Crippen molar-refractivity contribution in [3.63, 3.8) is 0 Å². The first-order valence-electron chi connectivity index (χ1n) is 5.60. The van der Waals surface area contributed by atoms with Gasteiger partial charge in [-0.2, -0.15) is 0 Å². The van der Waals surface area contributed by atoms with Crippen molar-refractivity contribution < 1.29 is 4.79 Å². The summed E-state index contributed by atoms with van der Waals surface area (Å²) in [7, 11) is 0. The molecule has 0 radical (unpaired) electrons. The molecule has 0 amide bonds. The van der Waals surface area contributed by atoms with E-state index >= 15 is 0 Å². The number of carbonyl (C=O) groups excluding carboxylic acids is 1. The van der Waals surface area contributed by atoms with Crippen LogP contribution in [0.2, 0.25) is 0 Å². The van der Waals surface area contributed by atoms with Crippen LogP contribution in [0, 0.1) is 5.92 Å². The minimum absolute atomic E-state index is 0.235. The van der Waals surface area contributed by atoms with Crippen LogP contribution in [0.1, 0.15) is 19.8 Å². The molecule has 2 nitrogen and oxygen atoms in total. The molecule has 0 saturated carbocycles. The molecule has 0 bridgehead atoms. The molecule has 80 valence electrons. The Bertz CT molecular complexity index is 334. The zero-order valence-electron chi connectivity index (χ0n) is 9.15. The van der Waals surface area contributed by atoms with Gasteiger partial charge in [-0.25, -0.2) is 0 Å². The lowest BCUT2D eigenvalue weighted by atomic mass is 10.0. The maximum absolute atomic E-state index is 11.6. The van der Waals surface area contributed by atoms with Crippen LogP contribution in [0.4, 0.5) is 5.69 Å². The average Bonchev–Trinajstić information content (AvgIpc) is 2.44. The summed E-state index contributed by atoms with van der Waals surface area (Å²) in [5.74, 6) is 0.646. The Morgan fingerprint density at radius 3 is 2.67 bits per heavy atom. The van der Waals surface area contributed by atoms with E-state index in [0.29, 0.717) is 12.2 Å². The fourth-order valence-corrected chi connectivity index (χ4v) is 2.01. The molecule has 1 saturated heterocycles. The first-order chi connectivity index (χ1) is 7.27. The molecule has 15 heavy (non-hydrogen) atoms. The number of benzene rings is 1. The lowest BCUT2D eigenvalue weighted by molar-refractivity contribution is -0.121. The Labute approximate surface area is 90.9 Å².